The van der Waals surface area contributed by atoms with Crippen LogP contribution < -0.4 is 5.32 Å². The predicted molar refractivity (Wildman–Crippen MR) is 88.5 cm³/mol. The monoisotopic (exact) mass is 320 g/mol. The number of rotatable bonds is 2. The molecule has 3 fully saturated rings. The molecule has 3 saturated heterocycles. The van der Waals surface area contributed by atoms with E-state index >= 15 is 0 Å². The molecule has 5 rings (SSSR count). The molecule has 1 N–H and O–H groups in total. The fraction of sp³-hybridized carbons (Fsp3) is 0.471. The van der Waals surface area contributed by atoms with Gasteiger partial charge in [0.15, 0.2) is 0 Å². The van der Waals surface area contributed by atoms with Gasteiger partial charge in [-0.3, -0.25) is 9.69 Å². The molecule has 0 radical (unpaired) electrons. The van der Waals surface area contributed by atoms with Crippen LogP contribution in [0.15, 0.2) is 34.9 Å². The second-order valence-electron chi connectivity index (χ2n) is 6.29. The van der Waals surface area contributed by atoms with Gasteiger partial charge >= 0.3 is 0 Å². The Kier molecular flexibility index (Phi) is 4.15. The lowest BCUT2D eigenvalue weighted by Gasteiger charge is -2.49. The largest absolute Gasteiger partial charge is 0.464 e. The summed E-state index contributed by atoms with van der Waals surface area (Å²) in [6.45, 7) is 4.59. The number of piperidine rings is 3. The molecule has 2 bridgehead atoms. The minimum absolute atomic E-state index is 0. The van der Waals surface area contributed by atoms with E-state index in [1.54, 1.807) is 6.26 Å². The van der Waals surface area contributed by atoms with Gasteiger partial charge in [-0.05, 0) is 63.0 Å². The fourth-order valence-electron chi connectivity index (χ4n) is 3.89. The maximum Gasteiger partial charge on any atom is 0.251 e. The van der Waals surface area contributed by atoms with Crippen molar-refractivity contribution in [2.24, 2.45) is 5.92 Å². The standard InChI is InChI=1S/C17H20N2O2.ClH/c1-11-16(12-4-7-19(11)8-5-12)18-17(20)14-2-3-15-13(10-14)6-9-21-15;/h2-3,6,9-12,16H,4-5,7-8H2,1H3,(H,18,20);1H/t11-,16-;/m0./s1. The zero-order valence-corrected chi connectivity index (χ0v) is 13.4. The second-order valence-corrected chi connectivity index (χ2v) is 6.29. The van der Waals surface area contributed by atoms with Crippen LogP contribution in [0.3, 0.4) is 0 Å². The molecule has 0 unspecified atom stereocenters. The summed E-state index contributed by atoms with van der Waals surface area (Å²) >= 11 is 0. The first kappa shape index (κ1) is 15.4. The minimum Gasteiger partial charge on any atom is -0.464 e. The Morgan fingerprint density at radius 3 is 2.77 bits per heavy atom. The highest BCUT2D eigenvalue weighted by molar-refractivity contribution is 5.97. The molecule has 2 aromatic rings. The van der Waals surface area contributed by atoms with E-state index in [-0.39, 0.29) is 24.4 Å². The summed E-state index contributed by atoms with van der Waals surface area (Å²) in [7, 11) is 0. The lowest BCUT2D eigenvalue weighted by molar-refractivity contribution is 0.0217. The second kappa shape index (κ2) is 5.94. The van der Waals surface area contributed by atoms with Crippen LogP contribution in [0.5, 0.6) is 0 Å². The number of hydrogen-bond acceptors (Lipinski definition) is 3. The first-order valence-corrected chi connectivity index (χ1v) is 7.74. The SMILES string of the molecule is C[C@H]1[C@H](NC(=O)c2ccc3occc3c2)C2CCN1CC2.Cl. The molecule has 3 aliphatic rings. The molecule has 4 nitrogen and oxygen atoms in total. The summed E-state index contributed by atoms with van der Waals surface area (Å²) in [6, 6.07) is 8.22. The van der Waals surface area contributed by atoms with Crippen LogP contribution in [0, 0.1) is 5.92 Å². The summed E-state index contributed by atoms with van der Waals surface area (Å²) in [5.41, 5.74) is 1.54. The van der Waals surface area contributed by atoms with E-state index < -0.39 is 0 Å². The number of hydrogen-bond donors (Lipinski definition) is 1. The van der Waals surface area contributed by atoms with Gasteiger partial charge in [-0.1, -0.05) is 0 Å². The molecular formula is C17H21ClN2O2. The quantitative estimate of drug-likeness (QED) is 0.925. The van der Waals surface area contributed by atoms with E-state index in [4.69, 9.17) is 4.42 Å². The fourth-order valence-corrected chi connectivity index (χ4v) is 3.89. The topological polar surface area (TPSA) is 45.5 Å². The van der Waals surface area contributed by atoms with Crippen LogP contribution in [-0.4, -0.2) is 36.0 Å². The average Bonchev–Trinajstić information content (AvgIpc) is 2.98. The van der Waals surface area contributed by atoms with Gasteiger partial charge in [0.1, 0.15) is 5.58 Å². The van der Waals surface area contributed by atoms with Crippen LogP contribution in [0.1, 0.15) is 30.1 Å². The highest BCUT2D eigenvalue weighted by atomic mass is 35.5. The van der Waals surface area contributed by atoms with E-state index in [1.807, 2.05) is 24.3 Å². The molecule has 2 atom stereocenters. The Bertz CT molecular complexity index is 674. The Morgan fingerprint density at radius 2 is 2.05 bits per heavy atom. The first-order chi connectivity index (χ1) is 10.2. The van der Waals surface area contributed by atoms with Gasteiger partial charge in [-0.15, -0.1) is 12.4 Å². The third kappa shape index (κ3) is 2.50. The number of halogens is 1. The Labute approximate surface area is 136 Å². The van der Waals surface area contributed by atoms with E-state index in [0.29, 0.717) is 17.5 Å². The number of carbonyl (C=O) groups excluding carboxylic acids is 1. The number of carbonyl (C=O) groups is 1. The number of nitrogens with one attached hydrogen (secondary N) is 1. The summed E-state index contributed by atoms with van der Waals surface area (Å²) in [5, 5.41) is 4.24. The molecule has 1 amide bonds. The lowest BCUT2D eigenvalue weighted by atomic mass is 9.79. The van der Waals surface area contributed by atoms with Gasteiger partial charge in [0, 0.05) is 23.0 Å². The van der Waals surface area contributed by atoms with Gasteiger partial charge in [0.25, 0.3) is 5.91 Å². The Balaban J connectivity index is 0.00000144. The van der Waals surface area contributed by atoms with Gasteiger partial charge in [-0.2, -0.15) is 0 Å². The first-order valence-electron chi connectivity index (χ1n) is 7.74. The van der Waals surface area contributed by atoms with Gasteiger partial charge in [0.05, 0.1) is 6.26 Å². The zero-order chi connectivity index (χ0) is 14.4. The smallest absolute Gasteiger partial charge is 0.251 e. The van der Waals surface area contributed by atoms with E-state index in [0.717, 1.165) is 11.0 Å². The summed E-state index contributed by atoms with van der Waals surface area (Å²) in [5.74, 6) is 0.662. The van der Waals surface area contributed by atoms with Crippen molar-refractivity contribution in [1.82, 2.24) is 10.2 Å². The highest BCUT2D eigenvalue weighted by Crippen LogP contribution is 2.32. The molecule has 22 heavy (non-hydrogen) atoms. The highest BCUT2D eigenvalue weighted by Gasteiger charge is 2.40. The molecule has 1 aromatic carbocycles. The van der Waals surface area contributed by atoms with Crippen molar-refractivity contribution in [2.45, 2.75) is 31.8 Å². The van der Waals surface area contributed by atoms with Crippen LogP contribution in [-0.2, 0) is 0 Å². The van der Waals surface area contributed by atoms with Crippen molar-refractivity contribution in [3.63, 3.8) is 0 Å². The molecule has 5 heteroatoms. The molecule has 3 aliphatic heterocycles. The molecule has 0 spiro atoms. The molecule has 4 heterocycles. The number of benzene rings is 1. The van der Waals surface area contributed by atoms with E-state index in [1.165, 1.54) is 25.9 Å². The van der Waals surface area contributed by atoms with Crippen molar-refractivity contribution in [3.8, 4) is 0 Å². The molecule has 1 aromatic heterocycles. The summed E-state index contributed by atoms with van der Waals surface area (Å²) in [6.07, 6.45) is 4.06. The number of fused-ring (bicyclic) bond motifs is 4. The van der Waals surface area contributed by atoms with Crippen LogP contribution in [0.4, 0.5) is 0 Å². The van der Waals surface area contributed by atoms with Crippen molar-refractivity contribution < 1.29 is 9.21 Å². The average molecular weight is 321 g/mol. The van der Waals surface area contributed by atoms with Gasteiger partial charge in [0.2, 0.25) is 0 Å². The number of furan rings is 1. The molecule has 0 saturated carbocycles. The van der Waals surface area contributed by atoms with Gasteiger partial charge < -0.3 is 9.73 Å². The van der Waals surface area contributed by atoms with Crippen molar-refractivity contribution >= 4 is 29.3 Å². The van der Waals surface area contributed by atoms with Crippen molar-refractivity contribution in [1.29, 1.82) is 0 Å². The van der Waals surface area contributed by atoms with Gasteiger partial charge in [-0.25, -0.2) is 0 Å². The molecular weight excluding hydrogens is 300 g/mol. The minimum atomic E-state index is 0. The summed E-state index contributed by atoms with van der Waals surface area (Å²) < 4.78 is 5.32. The molecule has 118 valence electrons. The van der Waals surface area contributed by atoms with E-state index in [2.05, 4.69) is 17.1 Å². The Hall–Kier alpha value is -1.52. The summed E-state index contributed by atoms with van der Waals surface area (Å²) in [4.78, 5) is 15.0. The number of amides is 1. The Morgan fingerprint density at radius 1 is 1.27 bits per heavy atom. The maximum atomic E-state index is 12.5. The lowest BCUT2D eigenvalue weighted by Crippen LogP contribution is -2.62. The van der Waals surface area contributed by atoms with Crippen LogP contribution >= 0.6 is 12.4 Å². The zero-order valence-electron chi connectivity index (χ0n) is 12.6. The maximum absolute atomic E-state index is 12.5. The predicted octanol–water partition coefficient (Wildman–Crippen LogP) is 3.07. The molecule has 0 aliphatic carbocycles. The third-order valence-corrected chi connectivity index (χ3v) is 5.19. The van der Waals surface area contributed by atoms with Crippen molar-refractivity contribution in [3.05, 3.63) is 36.1 Å². The third-order valence-electron chi connectivity index (χ3n) is 5.19. The normalized spacial score (nSPS) is 30.0. The number of nitrogens with zero attached hydrogens (tertiary/aromatic N) is 1. The van der Waals surface area contributed by atoms with Crippen molar-refractivity contribution in [2.75, 3.05) is 13.1 Å². The van der Waals surface area contributed by atoms with Crippen LogP contribution in [0.2, 0.25) is 0 Å². The van der Waals surface area contributed by atoms with Crippen LogP contribution in [0.25, 0.3) is 11.0 Å². The van der Waals surface area contributed by atoms with E-state index in [9.17, 15) is 4.79 Å².